The molecule has 4 aliphatic rings. The van der Waals surface area contributed by atoms with Gasteiger partial charge in [0.1, 0.15) is 6.33 Å². The van der Waals surface area contributed by atoms with Crippen LogP contribution in [0.15, 0.2) is 17.2 Å². The molecule has 1 N–H and O–H groups in total. The SMILES string of the molecule is O=c1cc(CN2C[C@H]3CC[C@@H](C2)N(CC2CC2)C3)nc2nc[nH]n12. The summed E-state index contributed by atoms with van der Waals surface area (Å²) in [6.07, 6.45) is 7.03. The van der Waals surface area contributed by atoms with Gasteiger partial charge in [-0.05, 0) is 37.5 Å². The second-order valence-electron chi connectivity index (χ2n) is 7.80. The van der Waals surface area contributed by atoms with Crippen molar-refractivity contribution in [2.45, 2.75) is 38.3 Å². The summed E-state index contributed by atoms with van der Waals surface area (Å²) in [5.41, 5.74) is 0.753. The predicted molar refractivity (Wildman–Crippen MR) is 89.7 cm³/mol. The van der Waals surface area contributed by atoms with Crippen LogP contribution in [0.2, 0.25) is 0 Å². The molecule has 2 atom stereocenters. The molecule has 2 bridgehead atoms. The van der Waals surface area contributed by atoms with Gasteiger partial charge in [-0.3, -0.25) is 19.7 Å². The number of piperidine rings is 1. The molecule has 0 amide bonds. The van der Waals surface area contributed by atoms with Gasteiger partial charge in [-0.1, -0.05) is 0 Å². The first-order chi connectivity index (χ1) is 11.7. The van der Waals surface area contributed by atoms with Crippen molar-refractivity contribution in [1.82, 2.24) is 29.4 Å². The average molecular weight is 328 g/mol. The van der Waals surface area contributed by atoms with Crippen molar-refractivity contribution in [2.75, 3.05) is 26.2 Å². The molecular formula is C17H24N6O. The van der Waals surface area contributed by atoms with Crippen molar-refractivity contribution < 1.29 is 0 Å². The van der Waals surface area contributed by atoms with Crippen molar-refractivity contribution in [2.24, 2.45) is 11.8 Å². The zero-order valence-electron chi connectivity index (χ0n) is 13.9. The summed E-state index contributed by atoms with van der Waals surface area (Å²) < 4.78 is 1.38. The molecule has 4 fully saturated rings. The van der Waals surface area contributed by atoms with Crippen LogP contribution in [0.5, 0.6) is 0 Å². The van der Waals surface area contributed by atoms with Gasteiger partial charge in [0.15, 0.2) is 0 Å². The Morgan fingerprint density at radius 3 is 2.96 bits per heavy atom. The lowest BCUT2D eigenvalue weighted by Gasteiger charge is -2.36. The van der Waals surface area contributed by atoms with Gasteiger partial charge in [0.05, 0.1) is 5.69 Å². The number of hydrogen-bond donors (Lipinski definition) is 1. The van der Waals surface area contributed by atoms with Gasteiger partial charge in [0.2, 0.25) is 0 Å². The van der Waals surface area contributed by atoms with E-state index in [-0.39, 0.29) is 5.56 Å². The number of H-pyrrole nitrogens is 1. The molecule has 2 aromatic heterocycles. The van der Waals surface area contributed by atoms with Crippen LogP contribution in [0, 0.1) is 11.8 Å². The van der Waals surface area contributed by atoms with E-state index in [4.69, 9.17) is 0 Å². The largest absolute Gasteiger partial charge is 0.299 e. The van der Waals surface area contributed by atoms with E-state index in [1.165, 1.54) is 49.6 Å². The summed E-state index contributed by atoms with van der Waals surface area (Å²) in [6.45, 7) is 5.53. The lowest BCUT2D eigenvalue weighted by Crippen LogP contribution is -2.44. The Bertz CT molecular complexity index is 794. The van der Waals surface area contributed by atoms with Crippen LogP contribution in [0.4, 0.5) is 0 Å². The van der Waals surface area contributed by atoms with Crippen LogP contribution in [-0.4, -0.2) is 61.6 Å². The van der Waals surface area contributed by atoms with Gasteiger partial charge in [0, 0.05) is 44.8 Å². The van der Waals surface area contributed by atoms with E-state index in [0.29, 0.717) is 11.8 Å². The minimum absolute atomic E-state index is 0.0827. The minimum atomic E-state index is -0.0827. The van der Waals surface area contributed by atoms with Crippen molar-refractivity contribution in [1.29, 1.82) is 0 Å². The molecule has 0 spiro atoms. The third kappa shape index (κ3) is 2.75. The number of rotatable bonds is 4. The highest BCUT2D eigenvalue weighted by atomic mass is 16.1. The average Bonchev–Trinajstić information content (AvgIpc) is 3.30. The fourth-order valence-corrected chi connectivity index (χ4v) is 4.44. The van der Waals surface area contributed by atoms with Crippen molar-refractivity contribution >= 4 is 5.78 Å². The molecule has 1 aliphatic carbocycles. The summed E-state index contributed by atoms with van der Waals surface area (Å²) in [6, 6.07) is 2.32. The van der Waals surface area contributed by atoms with Gasteiger partial charge in [0.25, 0.3) is 11.3 Å². The summed E-state index contributed by atoms with van der Waals surface area (Å²) >= 11 is 0. The second kappa shape index (κ2) is 5.67. The maximum atomic E-state index is 12.1. The van der Waals surface area contributed by atoms with E-state index in [2.05, 4.69) is 24.9 Å². The van der Waals surface area contributed by atoms with Crippen molar-refractivity contribution in [3.63, 3.8) is 0 Å². The molecule has 0 unspecified atom stereocenters. The number of nitrogens with one attached hydrogen (secondary N) is 1. The topological polar surface area (TPSA) is 69.5 Å². The highest BCUT2D eigenvalue weighted by Crippen LogP contribution is 2.35. The Balaban J connectivity index is 1.34. The van der Waals surface area contributed by atoms with Crippen LogP contribution in [0.1, 0.15) is 31.4 Å². The molecule has 24 heavy (non-hydrogen) atoms. The van der Waals surface area contributed by atoms with Crippen LogP contribution in [0.3, 0.4) is 0 Å². The Hall–Kier alpha value is -1.73. The van der Waals surface area contributed by atoms with Gasteiger partial charge in [-0.25, -0.2) is 9.97 Å². The standard InChI is InChI=1S/C17H24N6O/c24-16-5-14(20-17-18-11-19-23(16)17)9-21-6-13-3-4-15(10-21)22(8-13)7-12-1-2-12/h5,11-13,15H,1-4,6-10H2,(H,18,19,20)/t13-,15+/m1/s1. The summed E-state index contributed by atoms with van der Waals surface area (Å²) in [5.74, 6) is 2.19. The van der Waals surface area contributed by atoms with Gasteiger partial charge >= 0.3 is 0 Å². The zero-order chi connectivity index (χ0) is 16.1. The first-order valence-electron chi connectivity index (χ1n) is 9.13. The molecule has 6 rings (SSSR count). The van der Waals surface area contributed by atoms with Crippen LogP contribution >= 0.6 is 0 Å². The van der Waals surface area contributed by atoms with Crippen molar-refractivity contribution in [3.05, 3.63) is 28.4 Å². The number of aromatic amines is 1. The molecule has 7 nitrogen and oxygen atoms in total. The first kappa shape index (κ1) is 14.6. The number of aromatic nitrogens is 4. The quantitative estimate of drug-likeness (QED) is 0.896. The lowest BCUT2D eigenvalue weighted by atomic mass is 9.95. The Morgan fingerprint density at radius 2 is 2.08 bits per heavy atom. The maximum absolute atomic E-state index is 12.1. The predicted octanol–water partition coefficient (Wildman–Crippen LogP) is 0.724. The summed E-state index contributed by atoms with van der Waals surface area (Å²) in [7, 11) is 0. The van der Waals surface area contributed by atoms with Crippen LogP contribution < -0.4 is 5.56 Å². The Labute approximate surface area is 140 Å². The fraction of sp³-hybridized carbons (Fsp3) is 0.706. The molecule has 5 heterocycles. The summed E-state index contributed by atoms with van der Waals surface area (Å²) in [4.78, 5) is 26.0. The van der Waals surface area contributed by atoms with E-state index in [9.17, 15) is 4.79 Å². The molecule has 7 heteroatoms. The smallest absolute Gasteiger partial charge is 0.274 e. The zero-order valence-corrected chi connectivity index (χ0v) is 13.9. The molecule has 2 aromatic rings. The summed E-state index contributed by atoms with van der Waals surface area (Å²) in [5, 5.41) is 2.79. The number of fused-ring (bicyclic) bond motifs is 5. The monoisotopic (exact) mass is 328 g/mol. The highest BCUT2D eigenvalue weighted by Gasteiger charge is 2.37. The molecule has 1 saturated carbocycles. The Kier molecular flexibility index (Phi) is 3.45. The number of hydrogen-bond acceptors (Lipinski definition) is 5. The van der Waals surface area contributed by atoms with Crippen LogP contribution in [0.25, 0.3) is 5.78 Å². The molecule has 3 saturated heterocycles. The van der Waals surface area contributed by atoms with E-state index in [1.54, 1.807) is 6.07 Å². The van der Waals surface area contributed by atoms with E-state index in [0.717, 1.165) is 37.2 Å². The minimum Gasteiger partial charge on any atom is -0.299 e. The Morgan fingerprint density at radius 1 is 1.17 bits per heavy atom. The van der Waals surface area contributed by atoms with Gasteiger partial charge in [-0.15, -0.1) is 0 Å². The lowest BCUT2D eigenvalue weighted by molar-refractivity contribution is 0.125. The molecule has 0 aromatic carbocycles. The second-order valence-corrected chi connectivity index (χ2v) is 7.80. The third-order valence-electron chi connectivity index (χ3n) is 5.80. The first-order valence-corrected chi connectivity index (χ1v) is 9.13. The molecule has 3 aliphatic heterocycles. The van der Waals surface area contributed by atoms with Crippen molar-refractivity contribution in [3.8, 4) is 0 Å². The number of nitrogens with zero attached hydrogens (tertiary/aromatic N) is 5. The van der Waals surface area contributed by atoms with E-state index < -0.39 is 0 Å². The molecular weight excluding hydrogens is 304 g/mol. The van der Waals surface area contributed by atoms with Crippen LogP contribution in [-0.2, 0) is 6.54 Å². The highest BCUT2D eigenvalue weighted by molar-refractivity contribution is 5.26. The molecule has 128 valence electrons. The normalized spacial score (nSPS) is 28.5. The van der Waals surface area contributed by atoms with E-state index in [1.807, 2.05) is 0 Å². The van der Waals surface area contributed by atoms with Gasteiger partial charge < -0.3 is 0 Å². The van der Waals surface area contributed by atoms with Gasteiger partial charge in [-0.2, -0.15) is 4.52 Å². The maximum Gasteiger partial charge on any atom is 0.274 e. The fourth-order valence-electron chi connectivity index (χ4n) is 4.44. The van der Waals surface area contributed by atoms with E-state index >= 15 is 0 Å². The third-order valence-corrected chi connectivity index (χ3v) is 5.80. The molecule has 0 radical (unpaired) electrons.